The van der Waals surface area contributed by atoms with Gasteiger partial charge in [-0.05, 0) is 12.7 Å². The van der Waals surface area contributed by atoms with Crippen LogP contribution in [0, 0.1) is 0 Å². The number of rotatable bonds is 7. The second kappa shape index (κ2) is 7.31. The Kier molecular flexibility index (Phi) is 5.42. The molecule has 1 aromatic carbocycles. The molecular formula is C14H20N4S. The van der Waals surface area contributed by atoms with Crippen molar-refractivity contribution in [1.29, 1.82) is 0 Å². The number of aromatic amines is 1. The molecule has 1 atom stereocenters. The van der Waals surface area contributed by atoms with E-state index in [2.05, 4.69) is 46.7 Å². The van der Waals surface area contributed by atoms with Crippen LogP contribution >= 0.6 is 11.8 Å². The van der Waals surface area contributed by atoms with Gasteiger partial charge in [0.05, 0.1) is 0 Å². The van der Waals surface area contributed by atoms with Gasteiger partial charge in [-0.25, -0.2) is 0 Å². The SMILES string of the molecule is CCSCC(C)NCc1n[nH]nc1-c1ccccc1. The Morgan fingerprint density at radius 3 is 2.79 bits per heavy atom. The summed E-state index contributed by atoms with van der Waals surface area (Å²) in [5.41, 5.74) is 3.01. The zero-order valence-electron chi connectivity index (χ0n) is 11.4. The molecule has 1 aromatic heterocycles. The normalized spacial score (nSPS) is 12.5. The van der Waals surface area contributed by atoms with Gasteiger partial charge in [0, 0.05) is 23.9 Å². The predicted molar refractivity (Wildman–Crippen MR) is 81.1 cm³/mol. The molecule has 5 heteroatoms. The first-order chi connectivity index (χ1) is 9.31. The van der Waals surface area contributed by atoms with E-state index in [0.29, 0.717) is 6.04 Å². The molecule has 0 bridgehead atoms. The van der Waals surface area contributed by atoms with Crippen molar-refractivity contribution < 1.29 is 0 Å². The van der Waals surface area contributed by atoms with Crippen LogP contribution in [0.3, 0.4) is 0 Å². The first kappa shape index (κ1) is 14.1. The van der Waals surface area contributed by atoms with Gasteiger partial charge in [0.2, 0.25) is 0 Å². The lowest BCUT2D eigenvalue weighted by Crippen LogP contribution is -2.28. The smallest absolute Gasteiger partial charge is 0.117 e. The second-order valence-electron chi connectivity index (χ2n) is 4.43. The van der Waals surface area contributed by atoms with Crippen LogP contribution in [0.15, 0.2) is 30.3 Å². The van der Waals surface area contributed by atoms with Crippen LogP contribution < -0.4 is 5.32 Å². The van der Waals surface area contributed by atoms with Crippen LogP contribution in [0.1, 0.15) is 19.5 Å². The minimum absolute atomic E-state index is 0.477. The van der Waals surface area contributed by atoms with E-state index in [0.717, 1.165) is 35.0 Å². The fourth-order valence-corrected chi connectivity index (χ4v) is 2.53. The van der Waals surface area contributed by atoms with Crippen LogP contribution in [0.4, 0.5) is 0 Å². The quantitative estimate of drug-likeness (QED) is 0.816. The number of hydrogen-bond donors (Lipinski definition) is 2. The summed E-state index contributed by atoms with van der Waals surface area (Å²) in [5, 5.41) is 14.7. The first-order valence-corrected chi connectivity index (χ1v) is 7.73. The highest BCUT2D eigenvalue weighted by atomic mass is 32.2. The van der Waals surface area contributed by atoms with Crippen LogP contribution in [-0.4, -0.2) is 33.0 Å². The van der Waals surface area contributed by atoms with Gasteiger partial charge in [-0.1, -0.05) is 37.3 Å². The predicted octanol–water partition coefficient (Wildman–Crippen LogP) is 2.70. The third kappa shape index (κ3) is 4.08. The average molecular weight is 276 g/mol. The minimum Gasteiger partial charge on any atom is -0.308 e. The molecule has 0 radical (unpaired) electrons. The molecule has 2 aromatic rings. The number of H-pyrrole nitrogens is 1. The number of benzene rings is 1. The van der Waals surface area contributed by atoms with Gasteiger partial charge < -0.3 is 5.32 Å². The standard InChI is InChI=1S/C14H20N4S/c1-3-19-10-11(2)15-9-13-14(17-18-16-13)12-7-5-4-6-8-12/h4-8,11,15H,3,9-10H2,1-2H3,(H,16,17,18). The molecule has 4 nitrogen and oxygen atoms in total. The summed E-state index contributed by atoms with van der Waals surface area (Å²) in [6.07, 6.45) is 0. The van der Waals surface area contributed by atoms with E-state index in [1.807, 2.05) is 30.0 Å². The molecule has 1 heterocycles. The third-order valence-corrected chi connectivity index (χ3v) is 4.00. The van der Waals surface area contributed by atoms with Crippen molar-refractivity contribution in [3.8, 4) is 11.3 Å². The molecule has 0 spiro atoms. The highest BCUT2D eigenvalue weighted by molar-refractivity contribution is 7.99. The largest absolute Gasteiger partial charge is 0.308 e. The Balaban J connectivity index is 1.97. The van der Waals surface area contributed by atoms with Gasteiger partial charge in [-0.2, -0.15) is 27.2 Å². The number of hydrogen-bond acceptors (Lipinski definition) is 4. The van der Waals surface area contributed by atoms with Gasteiger partial charge in [0.1, 0.15) is 11.4 Å². The fourth-order valence-electron chi connectivity index (χ4n) is 1.83. The summed E-state index contributed by atoms with van der Waals surface area (Å²) in [6.45, 7) is 5.12. The maximum Gasteiger partial charge on any atom is 0.117 e. The zero-order chi connectivity index (χ0) is 13.5. The first-order valence-electron chi connectivity index (χ1n) is 6.57. The van der Waals surface area contributed by atoms with E-state index < -0.39 is 0 Å². The second-order valence-corrected chi connectivity index (χ2v) is 5.75. The Hall–Kier alpha value is -1.33. The van der Waals surface area contributed by atoms with E-state index in [-0.39, 0.29) is 0 Å². The fraction of sp³-hybridized carbons (Fsp3) is 0.429. The van der Waals surface area contributed by atoms with Crippen molar-refractivity contribution in [2.45, 2.75) is 26.4 Å². The summed E-state index contributed by atoms with van der Waals surface area (Å²) < 4.78 is 0. The summed E-state index contributed by atoms with van der Waals surface area (Å²) in [4.78, 5) is 0. The molecule has 2 N–H and O–H groups in total. The monoisotopic (exact) mass is 276 g/mol. The minimum atomic E-state index is 0.477. The van der Waals surface area contributed by atoms with E-state index in [9.17, 15) is 0 Å². The summed E-state index contributed by atoms with van der Waals surface area (Å²) in [5.74, 6) is 2.28. The molecule has 0 saturated heterocycles. The summed E-state index contributed by atoms with van der Waals surface area (Å²) >= 11 is 1.95. The molecule has 0 saturated carbocycles. The van der Waals surface area contributed by atoms with Crippen LogP contribution in [-0.2, 0) is 6.54 Å². The molecule has 0 aliphatic rings. The van der Waals surface area contributed by atoms with Gasteiger partial charge in [-0.15, -0.1) is 0 Å². The van der Waals surface area contributed by atoms with E-state index >= 15 is 0 Å². The number of nitrogens with zero attached hydrogens (tertiary/aromatic N) is 2. The maximum absolute atomic E-state index is 4.25. The molecule has 19 heavy (non-hydrogen) atoms. The summed E-state index contributed by atoms with van der Waals surface area (Å²) in [7, 11) is 0. The van der Waals surface area contributed by atoms with Crippen LogP contribution in [0.5, 0.6) is 0 Å². The molecular weight excluding hydrogens is 256 g/mol. The number of thioether (sulfide) groups is 1. The molecule has 102 valence electrons. The van der Waals surface area contributed by atoms with E-state index in [4.69, 9.17) is 0 Å². The lowest BCUT2D eigenvalue weighted by Gasteiger charge is -2.12. The van der Waals surface area contributed by atoms with Crippen LogP contribution in [0.25, 0.3) is 11.3 Å². The average Bonchev–Trinajstić information content (AvgIpc) is 2.92. The highest BCUT2D eigenvalue weighted by Crippen LogP contribution is 2.18. The van der Waals surface area contributed by atoms with E-state index in [1.165, 1.54) is 0 Å². The lowest BCUT2D eigenvalue weighted by atomic mass is 10.1. The van der Waals surface area contributed by atoms with Crippen LogP contribution in [0.2, 0.25) is 0 Å². The Bertz CT molecular complexity index is 483. The Labute approximate surface area is 118 Å². The van der Waals surface area contributed by atoms with Gasteiger partial charge in [0.15, 0.2) is 0 Å². The van der Waals surface area contributed by atoms with Crippen molar-refractivity contribution in [2.75, 3.05) is 11.5 Å². The van der Waals surface area contributed by atoms with Gasteiger partial charge >= 0.3 is 0 Å². The van der Waals surface area contributed by atoms with Crippen molar-refractivity contribution in [1.82, 2.24) is 20.7 Å². The zero-order valence-corrected chi connectivity index (χ0v) is 12.2. The lowest BCUT2D eigenvalue weighted by molar-refractivity contribution is 0.588. The van der Waals surface area contributed by atoms with Gasteiger partial charge in [0.25, 0.3) is 0 Å². The molecule has 0 amide bonds. The Morgan fingerprint density at radius 2 is 2.05 bits per heavy atom. The van der Waals surface area contributed by atoms with Crippen molar-refractivity contribution in [3.05, 3.63) is 36.0 Å². The molecule has 0 aliphatic heterocycles. The van der Waals surface area contributed by atoms with Crippen molar-refractivity contribution >= 4 is 11.8 Å². The van der Waals surface area contributed by atoms with E-state index in [1.54, 1.807) is 0 Å². The third-order valence-electron chi connectivity index (χ3n) is 2.86. The van der Waals surface area contributed by atoms with Gasteiger partial charge in [-0.3, -0.25) is 0 Å². The summed E-state index contributed by atoms with van der Waals surface area (Å²) in [6, 6.07) is 10.6. The van der Waals surface area contributed by atoms with Crippen molar-refractivity contribution in [2.24, 2.45) is 0 Å². The maximum atomic E-state index is 4.25. The Morgan fingerprint density at radius 1 is 1.26 bits per heavy atom. The topological polar surface area (TPSA) is 53.6 Å². The molecule has 1 unspecified atom stereocenters. The van der Waals surface area contributed by atoms with Crippen molar-refractivity contribution in [3.63, 3.8) is 0 Å². The molecule has 0 aliphatic carbocycles. The molecule has 2 rings (SSSR count). The molecule has 0 fully saturated rings. The number of nitrogens with one attached hydrogen (secondary N) is 2. The highest BCUT2D eigenvalue weighted by Gasteiger charge is 2.10. The number of aromatic nitrogens is 3.